The second-order valence-corrected chi connectivity index (χ2v) is 8.21. The van der Waals surface area contributed by atoms with Gasteiger partial charge in [-0.3, -0.25) is 4.98 Å². The van der Waals surface area contributed by atoms with E-state index in [0.717, 1.165) is 23.6 Å². The number of anilines is 2. The molecule has 2 aliphatic carbocycles. The molecule has 144 valence electrons. The van der Waals surface area contributed by atoms with Crippen molar-refractivity contribution in [3.05, 3.63) is 88.9 Å². The molecule has 0 amide bonds. The number of aliphatic hydroxyl groups excluding tert-OH is 1. The van der Waals surface area contributed by atoms with Gasteiger partial charge in [-0.05, 0) is 53.7 Å². The molecule has 29 heavy (non-hydrogen) atoms. The fourth-order valence-corrected chi connectivity index (χ4v) is 5.06. The molecule has 3 heterocycles. The van der Waals surface area contributed by atoms with Crippen molar-refractivity contribution in [3.63, 3.8) is 0 Å². The molecule has 3 unspecified atom stereocenters. The van der Waals surface area contributed by atoms with Crippen LogP contribution in [0.1, 0.15) is 48.1 Å². The molecule has 0 bridgehead atoms. The highest BCUT2D eigenvalue weighted by Crippen LogP contribution is 2.54. The monoisotopic (exact) mass is 382 g/mol. The van der Waals surface area contributed by atoms with Gasteiger partial charge in [-0.2, -0.15) is 5.10 Å². The van der Waals surface area contributed by atoms with E-state index < -0.39 is 6.23 Å². The van der Waals surface area contributed by atoms with E-state index in [9.17, 15) is 5.11 Å². The number of fused-ring (bicyclic) bond motifs is 4. The van der Waals surface area contributed by atoms with Crippen molar-refractivity contribution in [2.24, 2.45) is 5.92 Å². The maximum atomic E-state index is 10.9. The van der Waals surface area contributed by atoms with Gasteiger partial charge < -0.3 is 10.0 Å². The van der Waals surface area contributed by atoms with Gasteiger partial charge in [0.1, 0.15) is 11.5 Å². The Bertz CT molecular complexity index is 1210. The fourth-order valence-electron chi connectivity index (χ4n) is 5.06. The Morgan fingerprint density at radius 2 is 2.00 bits per heavy atom. The minimum absolute atomic E-state index is 0.0684. The molecule has 5 heteroatoms. The van der Waals surface area contributed by atoms with Crippen molar-refractivity contribution in [3.8, 4) is 0 Å². The highest BCUT2D eigenvalue weighted by molar-refractivity contribution is 5.88. The van der Waals surface area contributed by atoms with Gasteiger partial charge in [-0.15, -0.1) is 0 Å². The number of aromatic nitrogens is 3. The first-order chi connectivity index (χ1) is 14.1. The lowest BCUT2D eigenvalue weighted by atomic mass is 9.88. The molecule has 5 nitrogen and oxygen atoms in total. The topological polar surface area (TPSA) is 54.2 Å². The van der Waals surface area contributed by atoms with Crippen LogP contribution >= 0.6 is 0 Å². The third-order valence-electron chi connectivity index (χ3n) is 6.25. The second-order valence-electron chi connectivity index (χ2n) is 8.21. The van der Waals surface area contributed by atoms with Gasteiger partial charge >= 0.3 is 0 Å². The third kappa shape index (κ3) is 2.25. The van der Waals surface area contributed by atoms with Crippen molar-refractivity contribution in [1.82, 2.24) is 14.8 Å². The molecule has 1 aromatic carbocycles. The predicted molar refractivity (Wildman–Crippen MR) is 113 cm³/mol. The second kappa shape index (κ2) is 5.91. The van der Waals surface area contributed by atoms with Crippen LogP contribution < -0.4 is 4.90 Å². The number of hydrogen-bond donors (Lipinski definition) is 1. The lowest BCUT2D eigenvalue weighted by Crippen LogP contribution is -2.34. The zero-order chi connectivity index (χ0) is 19.7. The average Bonchev–Trinajstić information content (AvgIpc) is 3.27. The summed E-state index contributed by atoms with van der Waals surface area (Å²) in [5, 5.41) is 15.5. The van der Waals surface area contributed by atoms with Gasteiger partial charge in [0.2, 0.25) is 0 Å². The number of benzene rings is 1. The van der Waals surface area contributed by atoms with E-state index >= 15 is 0 Å². The van der Waals surface area contributed by atoms with Crippen molar-refractivity contribution in [2.75, 3.05) is 4.90 Å². The molecule has 0 saturated carbocycles. The van der Waals surface area contributed by atoms with Crippen molar-refractivity contribution in [2.45, 2.75) is 32.5 Å². The van der Waals surface area contributed by atoms with Crippen LogP contribution in [-0.2, 0) is 0 Å². The van der Waals surface area contributed by atoms with Crippen LogP contribution in [0.2, 0.25) is 0 Å². The number of hydrogen-bond acceptors (Lipinski definition) is 4. The van der Waals surface area contributed by atoms with Crippen molar-refractivity contribution in [1.29, 1.82) is 0 Å². The lowest BCUT2D eigenvalue weighted by molar-refractivity contribution is 0.125. The summed E-state index contributed by atoms with van der Waals surface area (Å²) in [6.07, 6.45) is 6.48. The molecule has 0 radical (unpaired) electrons. The number of aliphatic hydroxyl groups is 1. The van der Waals surface area contributed by atoms with E-state index in [1.807, 2.05) is 13.0 Å². The maximum Gasteiger partial charge on any atom is 0.194 e. The van der Waals surface area contributed by atoms with Gasteiger partial charge in [0, 0.05) is 12.3 Å². The molecule has 1 aliphatic heterocycles. The van der Waals surface area contributed by atoms with Crippen LogP contribution in [0.4, 0.5) is 11.5 Å². The van der Waals surface area contributed by atoms with E-state index in [4.69, 9.17) is 0 Å². The van der Waals surface area contributed by atoms with E-state index in [1.54, 1.807) is 10.9 Å². The van der Waals surface area contributed by atoms with Crippen LogP contribution in [0.3, 0.4) is 0 Å². The van der Waals surface area contributed by atoms with Gasteiger partial charge in [0.15, 0.2) is 6.23 Å². The van der Waals surface area contributed by atoms with Gasteiger partial charge in [-0.25, -0.2) is 4.68 Å². The summed E-state index contributed by atoms with van der Waals surface area (Å²) in [5.41, 5.74) is 7.84. The van der Waals surface area contributed by atoms with Gasteiger partial charge in [-0.1, -0.05) is 43.3 Å². The van der Waals surface area contributed by atoms with Crippen LogP contribution in [0.5, 0.6) is 0 Å². The molecule has 2 aromatic heterocycles. The number of pyridine rings is 1. The fraction of sp³-hybridized carbons (Fsp3) is 0.250. The summed E-state index contributed by atoms with van der Waals surface area (Å²) >= 11 is 0. The Kier molecular flexibility index (Phi) is 3.41. The van der Waals surface area contributed by atoms with Gasteiger partial charge in [0.05, 0.1) is 17.4 Å². The molecule has 0 saturated heterocycles. The zero-order valence-electron chi connectivity index (χ0n) is 16.4. The SMILES string of the molecule is Cc1cc2n(n1)C(O)c1ncccc1N2C1C2=C(C=CC(C)C2)c2ccccc21. The van der Waals surface area contributed by atoms with E-state index in [-0.39, 0.29) is 6.04 Å². The number of nitrogens with zero attached hydrogens (tertiary/aromatic N) is 4. The first-order valence-corrected chi connectivity index (χ1v) is 10.1. The highest BCUT2D eigenvalue weighted by Gasteiger charge is 2.42. The molecular formula is C24H22N4O. The quantitative estimate of drug-likeness (QED) is 0.664. The summed E-state index contributed by atoms with van der Waals surface area (Å²) in [7, 11) is 0. The summed E-state index contributed by atoms with van der Waals surface area (Å²) in [4.78, 5) is 6.84. The standard InChI is InChI=1S/C24H22N4O/c1-14-9-10-17-16-6-3-4-7-18(16)23(19(17)12-14)27-20-8-5-11-25-22(20)24(29)28-21(27)13-15(2)26-28/h3-11,13-14,23-24,29H,12H2,1-2H3. The average molecular weight is 382 g/mol. The first kappa shape index (κ1) is 16.7. The summed E-state index contributed by atoms with van der Waals surface area (Å²) < 4.78 is 1.70. The largest absolute Gasteiger partial charge is 0.366 e. The normalized spacial score (nSPS) is 24.2. The molecule has 0 fully saturated rings. The predicted octanol–water partition coefficient (Wildman–Crippen LogP) is 4.68. The molecule has 1 N–H and O–H groups in total. The molecule has 3 atom stereocenters. The molecule has 6 rings (SSSR count). The van der Waals surface area contributed by atoms with Crippen molar-refractivity contribution >= 4 is 17.1 Å². The number of rotatable bonds is 1. The summed E-state index contributed by atoms with van der Waals surface area (Å²) in [6, 6.07) is 14.8. The molecule has 0 spiro atoms. The molecule has 3 aromatic rings. The van der Waals surface area contributed by atoms with Crippen LogP contribution in [0.25, 0.3) is 5.57 Å². The minimum Gasteiger partial charge on any atom is -0.366 e. The van der Waals surface area contributed by atoms with Gasteiger partial charge in [0.25, 0.3) is 0 Å². The van der Waals surface area contributed by atoms with E-state index in [1.165, 1.54) is 22.3 Å². The summed E-state index contributed by atoms with van der Waals surface area (Å²) in [5.74, 6) is 1.41. The Labute approximate surface area is 169 Å². The zero-order valence-corrected chi connectivity index (χ0v) is 16.4. The van der Waals surface area contributed by atoms with Crippen LogP contribution in [-0.4, -0.2) is 19.9 Å². The number of aryl methyl sites for hydroxylation is 1. The lowest BCUT2D eigenvalue weighted by Gasteiger charge is -2.39. The maximum absolute atomic E-state index is 10.9. The Balaban J connectivity index is 1.63. The summed E-state index contributed by atoms with van der Waals surface area (Å²) in [6.45, 7) is 4.23. The third-order valence-corrected chi connectivity index (χ3v) is 6.25. The van der Waals surface area contributed by atoms with E-state index in [0.29, 0.717) is 11.6 Å². The Morgan fingerprint density at radius 3 is 2.90 bits per heavy atom. The van der Waals surface area contributed by atoms with Crippen molar-refractivity contribution < 1.29 is 5.11 Å². The first-order valence-electron chi connectivity index (χ1n) is 10.1. The van der Waals surface area contributed by atoms with Crippen LogP contribution in [0.15, 0.2) is 66.4 Å². The highest BCUT2D eigenvalue weighted by atomic mass is 16.3. The Morgan fingerprint density at radius 1 is 1.14 bits per heavy atom. The Hall–Kier alpha value is -3.18. The molecule has 3 aliphatic rings. The molecular weight excluding hydrogens is 360 g/mol. The van der Waals surface area contributed by atoms with Crippen LogP contribution in [0, 0.1) is 12.8 Å². The minimum atomic E-state index is -0.874. The number of allylic oxidation sites excluding steroid dienone is 3. The smallest absolute Gasteiger partial charge is 0.194 e. The van der Waals surface area contributed by atoms with E-state index in [2.05, 4.69) is 70.5 Å².